The Balaban J connectivity index is 2.19. The average molecular weight is 312 g/mol. The molecule has 1 aliphatic heterocycles. The van der Waals surface area contributed by atoms with Gasteiger partial charge in [-0.1, -0.05) is 0 Å². The van der Waals surface area contributed by atoms with Gasteiger partial charge in [-0.25, -0.2) is 9.59 Å². The molecule has 0 aliphatic carbocycles. The van der Waals surface area contributed by atoms with Crippen LogP contribution < -0.4 is 5.73 Å². The number of ether oxygens (including phenoxy) is 2. The average Bonchev–Trinajstić information content (AvgIpc) is 2.73. The molecule has 21 heavy (non-hydrogen) atoms. The van der Waals surface area contributed by atoms with E-state index < -0.39 is 11.6 Å². The van der Waals surface area contributed by atoms with Crippen molar-refractivity contribution in [3.8, 4) is 0 Å². The first-order valence-corrected chi connectivity index (χ1v) is 7.51. The summed E-state index contributed by atoms with van der Waals surface area (Å²) < 4.78 is 10.1. The van der Waals surface area contributed by atoms with Crippen LogP contribution >= 0.6 is 11.3 Å². The summed E-state index contributed by atoms with van der Waals surface area (Å²) in [7, 11) is 1.33. The van der Waals surface area contributed by atoms with Crippen molar-refractivity contribution in [2.45, 2.75) is 39.3 Å². The fourth-order valence-corrected chi connectivity index (χ4v) is 3.27. The Hall–Kier alpha value is -1.76. The van der Waals surface area contributed by atoms with Crippen molar-refractivity contribution in [2.24, 2.45) is 0 Å². The van der Waals surface area contributed by atoms with E-state index in [0.29, 0.717) is 30.1 Å². The summed E-state index contributed by atoms with van der Waals surface area (Å²) in [5.74, 6) is -0.435. The fraction of sp³-hybridized carbons (Fsp3) is 0.571. The number of hydrogen-bond acceptors (Lipinski definition) is 6. The summed E-state index contributed by atoms with van der Waals surface area (Å²) in [6, 6.07) is 0. The van der Waals surface area contributed by atoms with Gasteiger partial charge in [-0.2, -0.15) is 0 Å². The maximum Gasteiger partial charge on any atom is 0.410 e. The van der Waals surface area contributed by atoms with E-state index in [4.69, 9.17) is 15.2 Å². The van der Waals surface area contributed by atoms with Crippen LogP contribution in [0.2, 0.25) is 0 Å². The Morgan fingerprint density at radius 1 is 1.33 bits per heavy atom. The Morgan fingerprint density at radius 2 is 2.00 bits per heavy atom. The van der Waals surface area contributed by atoms with Crippen LogP contribution in [0.4, 0.5) is 10.5 Å². The topological polar surface area (TPSA) is 81.9 Å². The molecule has 0 bridgehead atoms. The molecule has 0 spiro atoms. The number of methoxy groups -OCH3 is 1. The molecule has 0 saturated carbocycles. The molecular weight excluding hydrogens is 292 g/mol. The van der Waals surface area contributed by atoms with Crippen molar-refractivity contribution in [3.05, 3.63) is 15.3 Å². The zero-order valence-electron chi connectivity index (χ0n) is 12.7. The summed E-state index contributed by atoms with van der Waals surface area (Å²) in [4.78, 5) is 26.8. The van der Waals surface area contributed by atoms with Gasteiger partial charge in [-0.3, -0.25) is 0 Å². The van der Waals surface area contributed by atoms with Crippen LogP contribution in [0.1, 0.15) is 40.9 Å². The van der Waals surface area contributed by atoms with Crippen molar-refractivity contribution in [3.63, 3.8) is 0 Å². The maximum absolute atomic E-state index is 12.1. The van der Waals surface area contributed by atoms with Crippen LogP contribution in [-0.4, -0.2) is 36.2 Å². The molecule has 2 rings (SSSR count). The molecule has 0 aromatic carbocycles. The second-order valence-corrected chi connectivity index (χ2v) is 7.00. The lowest BCUT2D eigenvalue weighted by atomic mass is 10.1. The number of carbonyl (C=O) groups is 2. The van der Waals surface area contributed by atoms with Gasteiger partial charge < -0.3 is 20.1 Å². The molecule has 2 N–H and O–H groups in total. The quantitative estimate of drug-likeness (QED) is 0.805. The van der Waals surface area contributed by atoms with Gasteiger partial charge >= 0.3 is 12.1 Å². The van der Waals surface area contributed by atoms with Gasteiger partial charge in [0.2, 0.25) is 0 Å². The summed E-state index contributed by atoms with van der Waals surface area (Å²) in [6.07, 6.45) is 0.304. The predicted molar refractivity (Wildman–Crippen MR) is 80.4 cm³/mol. The Morgan fingerprint density at radius 3 is 2.57 bits per heavy atom. The first-order valence-electron chi connectivity index (χ1n) is 6.69. The summed E-state index contributed by atoms with van der Waals surface area (Å²) in [5, 5.41) is 0. The van der Waals surface area contributed by atoms with E-state index in [-0.39, 0.29) is 6.09 Å². The number of anilines is 1. The highest BCUT2D eigenvalue weighted by atomic mass is 32.1. The number of thiophene rings is 1. The smallest absolute Gasteiger partial charge is 0.410 e. The van der Waals surface area contributed by atoms with Crippen LogP contribution in [0.3, 0.4) is 0 Å². The monoisotopic (exact) mass is 312 g/mol. The molecule has 1 aromatic rings. The normalized spacial score (nSPS) is 14.6. The highest BCUT2D eigenvalue weighted by Gasteiger charge is 2.30. The maximum atomic E-state index is 12.1. The molecule has 0 unspecified atom stereocenters. The standard InChI is InChI=1S/C14H20N2O4S/c1-14(2,3)20-13(18)16-6-5-9-8(7-16)10(15)11(21-9)12(17)19-4/h5-7,15H2,1-4H3. The second-order valence-electron chi connectivity index (χ2n) is 5.89. The summed E-state index contributed by atoms with van der Waals surface area (Å²) in [5.41, 5.74) is 6.73. The minimum atomic E-state index is -0.533. The van der Waals surface area contributed by atoms with E-state index in [2.05, 4.69) is 0 Å². The van der Waals surface area contributed by atoms with Crippen molar-refractivity contribution in [1.82, 2.24) is 4.90 Å². The van der Waals surface area contributed by atoms with E-state index in [1.54, 1.807) is 4.90 Å². The van der Waals surface area contributed by atoms with E-state index >= 15 is 0 Å². The minimum absolute atomic E-state index is 0.363. The lowest BCUT2D eigenvalue weighted by Gasteiger charge is -2.30. The Labute approximate surface area is 127 Å². The zero-order valence-corrected chi connectivity index (χ0v) is 13.5. The minimum Gasteiger partial charge on any atom is -0.465 e. The lowest BCUT2D eigenvalue weighted by molar-refractivity contribution is 0.0225. The molecule has 6 nitrogen and oxygen atoms in total. The van der Waals surface area contributed by atoms with Gasteiger partial charge in [-0.15, -0.1) is 11.3 Å². The molecule has 0 radical (unpaired) electrons. The largest absolute Gasteiger partial charge is 0.465 e. The number of rotatable bonds is 1. The number of fused-ring (bicyclic) bond motifs is 1. The first kappa shape index (κ1) is 15.6. The van der Waals surface area contributed by atoms with Crippen LogP contribution in [0.5, 0.6) is 0 Å². The molecule has 1 amide bonds. The summed E-state index contributed by atoms with van der Waals surface area (Å²) in [6.45, 7) is 6.41. The molecule has 0 atom stereocenters. The molecule has 0 saturated heterocycles. The van der Waals surface area contributed by atoms with Gasteiger partial charge in [0.05, 0.1) is 19.3 Å². The zero-order chi connectivity index (χ0) is 15.8. The Kier molecular flexibility index (Phi) is 4.13. The van der Waals surface area contributed by atoms with Crippen molar-refractivity contribution in [2.75, 3.05) is 19.4 Å². The molecule has 7 heteroatoms. The van der Waals surface area contributed by atoms with Gasteiger partial charge in [0.1, 0.15) is 10.5 Å². The highest BCUT2D eigenvalue weighted by Crippen LogP contribution is 2.35. The SMILES string of the molecule is COC(=O)c1sc2c(c1N)CN(C(=O)OC(C)(C)C)CC2. The third-order valence-corrected chi connectivity index (χ3v) is 4.40. The molecule has 1 aliphatic rings. The number of amides is 1. The summed E-state index contributed by atoms with van der Waals surface area (Å²) >= 11 is 1.34. The third kappa shape index (κ3) is 3.29. The number of nitrogens with two attached hydrogens (primary N) is 1. The van der Waals surface area contributed by atoms with Crippen LogP contribution in [-0.2, 0) is 22.4 Å². The van der Waals surface area contributed by atoms with Crippen molar-refractivity contribution >= 4 is 29.1 Å². The number of nitrogens with zero attached hydrogens (tertiary/aromatic N) is 1. The number of carbonyl (C=O) groups excluding carboxylic acids is 2. The van der Waals surface area contributed by atoms with Crippen LogP contribution in [0, 0.1) is 0 Å². The number of hydrogen-bond donors (Lipinski definition) is 1. The van der Waals surface area contributed by atoms with Gasteiger partial charge in [-0.05, 0) is 27.2 Å². The third-order valence-electron chi connectivity index (χ3n) is 3.11. The van der Waals surface area contributed by atoms with E-state index in [1.165, 1.54) is 18.4 Å². The molecule has 2 heterocycles. The van der Waals surface area contributed by atoms with Crippen LogP contribution in [0.15, 0.2) is 0 Å². The van der Waals surface area contributed by atoms with Crippen molar-refractivity contribution in [1.29, 1.82) is 0 Å². The van der Waals surface area contributed by atoms with E-state index in [9.17, 15) is 9.59 Å². The van der Waals surface area contributed by atoms with E-state index in [1.807, 2.05) is 20.8 Å². The lowest BCUT2D eigenvalue weighted by Crippen LogP contribution is -2.39. The predicted octanol–water partition coefficient (Wildman–Crippen LogP) is 2.41. The number of esters is 1. The molecular formula is C14H20N2O4S. The second kappa shape index (κ2) is 5.55. The van der Waals surface area contributed by atoms with Gasteiger partial charge in [0.15, 0.2) is 0 Å². The van der Waals surface area contributed by atoms with Gasteiger partial charge in [0.25, 0.3) is 0 Å². The molecule has 0 fully saturated rings. The van der Waals surface area contributed by atoms with Crippen molar-refractivity contribution < 1.29 is 19.1 Å². The fourth-order valence-electron chi connectivity index (χ4n) is 2.14. The van der Waals surface area contributed by atoms with E-state index in [0.717, 1.165) is 10.4 Å². The van der Waals surface area contributed by atoms with Gasteiger partial charge in [0, 0.05) is 17.0 Å². The number of nitrogen functional groups attached to an aromatic ring is 1. The highest BCUT2D eigenvalue weighted by molar-refractivity contribution is 7.14. The Bertz CT molecular complexity index is 574. The first-order chi connectivity index (χ1) is 9.73. The molecule has 116 valence electrons. The molecule has 1 aromatic heterocycles. The van der Waals surface area contributed by atoms with Crippen LogP contribution in [0.25, 0.3) is 0 Å².